The van der Waals surface area contributed by atoms with Gasteiger partial charge < -0.3 is 15.2 Å². The van der Waals surface area contributed by atoms with Crippen LogP contribution in [0.15, 0.2) is 41.8 Å². The van der Waals surface area contributed by atoms with Crippen LogP contribution in [0.1, 0.15) is 24.3 Å². The number of aliphatic hydroxyl groups excluding tert-OH is 1. The normalized spacial score (nSPS) is 13.1. The zero-order valence-corrected chi connectivity index (χ0v) is 14.3. The second-order valence-corrected chi connectivity index (χ2v) is 7.28. The molecule has 0 saturated carbocycles. The van der Waals surface area contributed by atoms with Crippen LogP contribution in [0.3, 0.4) is 0 Å². The van der Waals surface area contributed by atoms with E-state index in [0.29, 0.717) is 13.2 Å². The molecule has 0 aliphatic carbocycles. The third kappa shape index (κ3) is 5.44. The molecular formula is C18H25NO2S. The topological polar surface area (TPSA) is 41.5 Å². The van der Waals surface area contributed by atoms with Crippen LogP contribution in [-0.4, -0.2) is 29.9 Å². The van der Waals surface area contributed by atoms with E-state index in [-0.39, 0.29) is 5.54 Å². The predicted molar refractivity (Wildman–Crippen MR) is 92.8 cm³/mol. The zero-order chi connectivity index (χ0) is 16.0. The fourth-order valence-electron chi connectivity index (χ4n) is 2.27. The van der Waals surface area contributed by atoms with Crippen LogP contribution < -0.4 is 10.1 Å². The molecule has 1 atom stereocenters. The highest BCUT2D eigenvalue weighted by Crippen LogP contribution is 2.18. The van der Waals surface area contributed by atoms with Gasteiger partial charge >= 0.3 is 0 Å². The van der Waals surface area contributed by atoms with E-state index >= 15 is 0 Å². The highest BCUT2D eigenvalue weighted by molar-refractivity contribution is 7.09. The van der Waals surface area contributed by atoms with Crippen molar-refractivity contribution in [3.05, 3.63) is 52.2 Å². The number of aryl methyl sites for hydroxylation is 1. The minimum Gasteiger partial charge on any atom is -0.491 e. The van der Waals surface area contributed by atoms with Gasteiger partial charge in [-0.15, -0.1) is 11.3 Å². The summed E-state index contributed by atoms with van der Waals surface area (Å²) < 4.78 is 5.68. The second kappa shape index (κ2) is 7.77. The van der Waals surface area contributed by atoms with E-state index in [2.05, 4.69) is 36.7 Å². The first-order chi connectivity index (χ1) is 10.5. The molecule has 120 valence electrons. The molecule has 1 unspecified atom stereocenters. The number of ether oxygens (including phenoxy) is 1. The Bertz CT molecular complexity index is 566. The zero-order valence-electron chi connectivity index (χ0n) is 13.5. The molecule has 1 aromatic heterocycles. The summed E-state index contributed by atoms with van der Waals surface area (Å²) in [5.41, 5.74) is 1.04. The van der Waals surface area contributed by atoms with Gasteiger partial charge in [-0.05, 0) is 50.3 Å². The number of thiophene rings is 1. The fraction of sp³-hybridized carbons (Fsp3) is 0.444. The molecule has 2 N–H and O–H groups in total. The quantitative estimate of drug-likeness (QED) is 0.783. The largest absolute Gasteiger partial charge is 0.491 e. The Morgan fingerprint density at radius 1 is 1.23 bits per heavy atom. The van der Waals surface area contributed by atoms with Gasteiger partial charge in [0.15, 0.2) is 0 Å². The predicted octanol–water partition coefficient (Wildman–Crippen LogP) is 3.41. The van der Waals surface area contributed by atoms with Crippen LogP contribution >= 0.6 is 11.3 Å². The van der Waals surface area contributed by atoms with Crippen LogP contribution in [0, 0.1) is 6.92 Å². The van der Waals surface area contributed by atoms with E-state index in [0.717, 1.165) is 17.7 Å². The molecular weight excluding hydrogens is 294 g/mol. The molecule has 0 aliphatic rings. The maximum atomic E-state index is 10.1. The monoisotopic (exact) mass is 319 g/mol. The Balaban J connectivity index is 1.75. The number of para-hydroxylation sites is 1. The Morgan fingerprint density at radius 2 is 2.00 bits per heavy atom. The summed E-state index contributed by atoms with van der Waals surface area (Å²) in [4.78, 5) is 1.35. The molecule has 0 bridgehead atoms. The Labute approximate surface area is 137 Å². The Kier molecular flexibility index (Phi) is 6.00. The van der Waals surface area contributed by atoms with Crippen molar-refractivity contribution in [2.45, 2.75) is 38.8 Å². The molecule has 1 heterocycles. The summed E-state index contributed by atoms with van der Waals surface area (Å²) in [5.74, 6) is 0.833. The second-order valence-electron chi connectivity index (χ2n) is 6.25. The average molecular weight is 319 g/mol. The first-order valence-electron chi connectivity index (χ1n) is 7.60. The number of aliphatic hydroxyl groups is 1. The van der Waals surface area contributed by atoms with Crippen molar-refractivity contribution < 1.29 is 9.84 Å². The summed E-state index contributed by atoms with van der Waals surface area (Å²) in [6, 6.07) is 12.1. The standard InChI is InChI=1S/C18H25NO2S/c1-14-7-4-5-9-17(14)21-13-15(20)12-19-18(2,3)11-16-8-6-10-22-16/h4-10,15,19-20H,11-13H2,1-3H3. The van der Waals surface area contributed by atoms with Gasteiger partial charge in [-0.1, -0.05) is 24.3 Å². The Morgan fingerprint density at radius 3 is 2.68 bits per heavy atom. The van der Waals surface area contributed by atoms with Gasteiger partial charge in [0.05, 0.1) is 0 Å². The lowest BCUT2D eigenvalue weighted by Crippen LogP contribution is -2.46. The maximum absolute atomic E-state index is 10.1. The molecule has 0 aliphatic heterocycles. The number of β-amino-alcohol motifs (C(OH)–C–C–N with tert-alkyl or cyclic N) is 1. The molecule has 22 heavy (non-hydrogen) atoms. The highest BCUT2D eigenvalue weighted by Gasteiger charge is 2.20. The van der Waals surface area contributed by atoms with Crippen molar-refractivity contribution in [2.24, 2.45) is 0 Å². The van der Waals surface area contributed by atoms with E-state index < -0.39 is 6.10 Å². The third-order valence-electron chi connectivity index (χ3n) is 3.54. The molecule has 2 aromatic rings. The third-order valence-corrected chi connectivity index (χ3v) is 4.41. The lowest BCUT2D eigenvalue weighted by atomic mass is 9.99. The molecule has 0 fully saturated rings. The average Bonchev–Trinajstić information content (AvgIpc) is 2.96. The van der Waals surface area contributed by atoms with E-state index in [9.17, 15) is 5.11 Å². The van der Waals surface area contributed by atoms with Gasteiger partial charge in [-0.2, -0.15) is 0 Å². The number of benzene rings is 1. The smallest absolute Gasteiger partial charge is 0.122 e. The number of rotatable bonds is 8. The molecule has 1 aromatic carbocycles. The first-order valence-corrected chi connectivity index (χ1v) is 8.48. The van der Waals surface area contributed by atoms with Crippen molar-refractivity contribution in [2.75, 3.05) is 13.2 Å². The van der Waals surface area contributed by atoms with Crippen LogP contribution in [0.25, 0.3) is 0 Å². The molecule has 0 amide bonds. The molecule has 0 radical (unpaired) electrons. The van der Waals surface area contributed by atoms with Gasteiger partial charge in [0.25, 0.3) is 0 Å². The van der Waals surface area contributed by atoms with Gasteiger partial charge in [0, 0.05) is 17.0 Å². The lowest BCUT2D eigenvalue weighted by Gasteiger charge is -2.27. The SMILES string of the molecule is Cc1ccccc1OCC(O)CNC(C)(C)Cc1cccs1. The molecule has 2 rings (SSSR count). The Hall–Kier alpha value is -1.36. The molecule has 4 heteroatoms. The van der Waals surface area contributed by atoms with Gasteiger partial charge in [0.2, 0.25) is 0 Å². The summed E-state index contributed by atoms with van der Waals surface area (Å²) in [6.07, 6.45) is 0.429. The highest BCUT2D eigenvalue weighted by atomic mass is 32.1. The number of hydrogen-bond acceptors (Lipinski definition) is 4. The van der Waals surface area contributed by atoms with Crippen molar-refractivity contribution in [3.8, 4) is 5.75 Å². The van der Waals surface area contributed by atoms with E-state index in [4.69, 9.17) is 4.74 Å². The van der Waals surface area contributed by atoms with Crippen molar-refractivity contribution in [1.82, 2.24) is 5.32 Å². The summed E-state index contributed by atoms with van der Waals surface area (Å²) in [7, 11) is 0. The lowest BCUT2D eigenvalue weighted by molar-refractivity contribution is 0.0986. The molecule has 0 spiro atoms. The molecule has 0 saturated heterocycles. The van der Waals surface area contributed by atoms with Crippen LogP contribution in [0.2, 0.25) is 0 Å². The summed E-state index contributed by atoms with van der Waals surface area (Å²) in [5, 5.41) is 15.6. The van der Waals surface area contributed by atoms with Crippen molar-refractivity contribution >= 4 is 11.3 Å². The van der Waals surface area contributed by atoms with Crippen molar-refractivity contribution in [1.29, 1.82) is 0 Å². The number of hydrogen-bond donors (Lipinski definition) is 2. The first kappa shape index (κ1) is 17.0. The van der Waals surface area contributed by atoms with Gasteiger partial charge in [-0.25, -0.2) is 0 Å². The minimum absolute atomic E-state index is 0.0471. The van der Waals surface area contributed by atoms with Gasteiger partial charge in [0.1, 0.15) is 18.5 Å². The summed E-state index contributed by atoms with van der Waals surface area (Å²) >= 11 is 1.77. The van der Waals surface area contributed by atoms with Crippen LogP contribution in [0.5, 0.6) is 5.75 Å². The van der Waals surface area contributed by atoms with E-state index in [1.807, 2.05) is 31.2 Å². The number of nitrogens with one attached hydrogen (secondary N) is 1. The van der Waals surface area contributed by atoms with Crippen LogP contribution in [0.4, 0.5) is 0 Å². The fourth-order valence-corrected chi connectivity index (χ4v) is 3.20. The summed E-state index contributed by atoms with van der Waals surface area (Å²) in [6.45, 7) is 7.13. The van der Waals surface area contributed by atoms with E-state index in [1.165, 1.54) is 4.88 Å². The maximum Gasteiger partial charge on any atom is 0.122 e. The van der Waals surface area contributed by atoms with E-state index in [1.54, 1.807) is 11.3 Å². The van der Waals surface area contributed by atoms with Gasteiger partial charge in [-0.3, -0.25) is 0 Å². The molecule has 3 nitrogen and oxygen atoms in total. The van der Waals surface area contributed by atoms with Crippen LogP contribution in [-0.2, 0) is 6.42 Å². The van der Waals surface area contributed by atoms with Crippen molar-refractivity contribution in [3.63, 3.8) is 0 Å². The minimum atomic E-state index is -0.526.